The van der Waals surface area contributed by atoms with E-state index in [1.54, 1.807) is 19.1 Å². The second-order valence-corrected chi connectivity index (χ2v) is 8.31. The third-order valence-corrected chi connectivity index (χ3v) is 5.53. The van der Waals surface area contributed by atoms with Gasteiger partial charge in [-0.05, 0) is 43.2 Å². The molecule has 0 aromatic heterocycles. The average Bonchev–Trinajstić information content (AvgIpc) is 2.46. The molecule has 1 atom stereocenters. The molecular weight excluding hydrogens is 378 g/mol. The summed E-state index contributed by atoms with van der Waals surface area (Å²) in [7, 11) is -3.36. The van der Waals surface area contributed by atoms with Gasteiger partial charge in [0.05, 0.1) is 10.9 Å². The van der Waals surface area contributed by atoms with Gasteiger partial charge in [0.15, 0.2) is 9.84 Å². The maximum absolute atomic E-state index is 12.4. The van der Waals surface area contributed by atoms with Crippen LogP contribution in [0.25, 0.3) is 0 Å². The molecule has 0 bridgehead atoms. The Hall–Kier alpha value is -1.66. The van der Waals surface area contributed by atoms with Crippen molar-refractivity contribution in [2.75, 3.05) is 6.26 Å². The molecule has 4 nitrogen and oxygen atoms in total. The van der Waals surface area contributed by atoms with E-state index >= 15 is 0 Å². The normalized spacial score (nSPS) is 12.7. The Labute approximate surface area is 145 Å². The summed E-state index contributed by atoms with van der Waals surface area (Å²) in [6.07, 6.45) is 1.14. The number of hydrogen-bond acceptors (Lipinski definition) is 3. The molecular formula is C17H18BrNO3S. The van der Waals surface area contributed by atoms with Gasteiger partial charge in [0.25, 0.3) is 5.91 Å². The zero-order chi connectivity index (χ0) is 17.2. The number of benzene rings is 2. The van der Waals surface area contributed by atoms with Crippen molar-refractivity contribution in [2.45, 2.75) is 24.8 Å². The van der Waals surface area contributed by atoms with Crippen molar-refractivity contribution in [1.29, 1.82) is 0 Å². The number of rotatable bonds is 4. The van der Waals surface area contributed by atoms with E-state index in [2.05, 4.69) is 21.2 Å². The van der Waals surface area contributed by atoms with Crippen molar-refractivity contribution in [3.8, 4) is 0 Å². The summed E-state index contributed by atoms with van der Waals surface area (Å²) >= 11 is 3.46. The van der Waals surface area contributed by atoms with Gasteiger partial charge in [0, 0.05) is 16.3 Å². The van der Waals surface area contributed by atoms with E-state index in [1.807, 2.05) is 31.2 Å². The van der Waals surface area contributed by atoms with E-state index in [4.69, 9.17) is 0 Å². The van der Waals surface area contributed by atoms with Crippen molar-refractivity contribution < 1.29 is 13.2 Å². The van der Waals surface area contributed by atoms with E-state index in [0.717, 1.165) is 16.3 Å². The molecule has 2 aromatic rings. The Kier molecular flexibility index (Phi) is 5.26. The van der Waals surface area contributed by atoms with Crippen LogP contribution < -0.4 is 5.32 Å². The van der Waals surface area contributed by atoms with Gasteiger partial charge in [-0.15, -0.1) is 0 Å². The predicted molar refractivity (Wildman–Crippen MR) is 94.3 cm³/mol. The number of amides is 1. The maximum atomic E-state index is 12.4. The molecule has 0 spiro atoms. The highest BCUT2D eigenvalue weighted by molar-refractivity contribution is 9.10. The minimum absolute atomic E-state index is 0.179. The summed E-state index contributed by atoms with van der Waals surface area (Å²) < 4.78 is 24.5. The number of carbonyl (C=O) groups excluding carboxylic acids is 1. The van der Waals surface area contributed by atoms with Gasteiger partial charge in [-0.25, -0.2) is 8.42 Å². The lowest BCUT2D eigenvalue weighted by Gasteiger charge is -2.16. The first kappa shape index (κ1) is 17.7. The van der Waals surface area contributed by atoms with E-state index in [9.17, 15) is 13.2 Å². The van der Waals surface area contributed by atoms with Crippen LogP contribution in [0.15, 0.2) is 51.8 Å². The zero-order valence-electron chi connectivity index (χ0n) is 13.1. The van der Waals surface area contributed by atoms with Crippen LogP contribution in [0.1, 0.15) is 34.5 Å². The second-order valence-electron chi connectivity index (χ2n) is 5.47. The number of aryl methyl sites for hydroxylation is 1. The van der Waals surface area contributed by atoms with Gasteiger partial charge >= 0.3 is 0 Å². The molecule has 23 heavy (non-hydrogen) atoms. The Bertz CT molecular complexity index is 847. The molecule has 2 rings (SSSR count). The van der Waals surface area contributed by atoms with Crippen molar-refractivity contribution in [3.05, 3.63) is 63.6 Å². The molecule has 122 valence electrons. The fourth-order valence-electron chi connectivity index (χ4n) is 2.32. The number of halogens is 1. The van der Waals surface area contributed by atoms with Gasteiger partial charge in [0.2, 0.25) is 0 Å². The molecule has 1 N–H and O–H groups in total. The third kappa shape index (κ3) is 4.20. The molecule has 0 aliphatic heterocycles. The minimum atomic E-state index is -3.36. The first-order chi connectivity index (χ1) is 10.7. The van der Waals surface area contributed by atoms with Gasteiger partial charge in [-0.3, -0.25) is 4.79 Å². The smallest absolute Gasteiger partial charge is 0.251 e. The molecule has 2 aromatic carbocycles. The lowest BCUT2D eigenvalue weighted by molar-refractivity contribution is 0.0939. The van der Waals surface area contributed by atoms with E-state index in [0.29, 0.717) is 11.1 Å². The zero-order valence-corrected chi connectivity index (χ0v) is 15.5. The SMILES string of the molecule is Cc1ccc(C(=O)N[C@H](C)c2ccccc2Br)cc1S(C)(=O)=O. The molecule has 0 heterocycles. The highest BCUT2D eigenvalue weighted by Crippen LogP contribution is 2.23. The largest absolute Gasteiger partial charge is 0.345 e. The predicted octanol–water partition coefficient (Wildman–Crippen LogP) is 3.65. The lowest BCUT2D eigenvalue weighted by Crippen LogP contribution is -2.27. The Balaban J connectivity index is 2.27. The highest BCUT2D eigenvalue weighted by Gasteiger charge is 2.17. The summed E-state index contributed by atoms with van der Waals surface area (Å²) in [5.74, 6) is -0.307. The number of sulfone groups is 1. The Morgan fingerprint density at radius 2 is 1.83 bits per heavy atom. The fraction of sp³-hybridized carbons (Fsp3) is 0.235. The van der Waals surface area contributed by atoms with Crippen molar-refractivity contribution in [2.24, 2.45) is 0 Å². The van der Waals surface area contributed by atoms with Crippen LogP contribution in [0.2, 0.25) is 0 Å². The number of carbonyl (C=O) groups is 1. The van der Waals surface area contributed by atoms with Gasteiger partial charge in [-0.2, -0.15) is 0 Å². The summed E-state index contributed by atoms with van der Waals surface area (Å²) in [5.41, 5.74) is 1.91. The van der Waals surface area contributed by atoms with Crippen LogP contribution in [0.5, 0.6) is 0 Å². The summed E-state index contributed by atoms with van der Waals surface area (Å²) in [5, 5.41) is 2.89. The van der Waals surface area contributed by atoms with Gasteiger partial charge < -0.3 is 5.32 Å². The van der Waals surface area contributed by atoms with Crippen LogP contribution in [-0.4, -0.2) is 20.6 Å². The first-order valence-electron chi connectivity index (χ1n) is 7.06. The van der Waals surface area contributed by atoms with E-state index in [1.165, 1.54) is 6.07 Å². The van der Waals surface area contributed by atoms with Crippen LogP contribution in [0.3, 0.4) is 0 Å². The van der Waals surface area contributed by atoms with Gasteiger partial charge in [0.1, 0.15) is 0 Å². The molecule has 0 saturated heterocycles. The van der Waals surface area contributed by atoms with Crippen LogP contribution in [0.4, 0.5) is 0 Å². The highest BCUT2D eigenvalue weighted by atomic mass is 79.9. The molecule has 0 aliphatic rings. The van der Waals surface area contributed by atoms with Crippen LogP contribution >= 0.6 is 15.9 Å². The average molecular weight is 396 g/mol. The molecule has 0 fully saturated rings. The minimum Gasteiger partial charge on any atom is -0.345 e. The topological polar surface area (TPSA) is 63.2 Å². The second kappa shape index (κ2) is 6.84. The van der Waals surface area contributed by atoms with E-state index < -0.39 is 9.84 Å². The molecule has 0 unspecified atom stereocenters. The maximum Gasteiger partial charge on any atom is 0.251 e. The van der Waals surface area contributed by atoms with Crippen molar-refractivity contribution in [1.82, 2.24) is 5.32 Å². The quantitative estimate of drug-likeness (QED) is 0.858. The molecule has 0 aliphatic carbocycles. The number of nitrogens with one attached hydrogen (secondary N) is 1. The molecule has 0 radical (unpaired) electrons. The first-order valence-corrected chi connectivity index (χ1v) is 9.74. The van der Waals surface area contributed by atoms with Crippen LogP contribution in [-0.2, 0) is 9.84 Å². The summed E-state index contributed by atoms with van der Waals surface area (Å²) in [6, 6.07) is 12.1. The van der Waals surface area contributed by atoms with E-state index in [-0.39, 0.29) is 16.8 Å². The fourth-order valence-corrected chi connectivity index (χ4v) is 3.95. The third-order valence-electron chi connectivity index (χ3n) is 3.57. The Morgan fingerprint density at radius 3 is 2.43 bits per heavy atom. The molecule has 0 saturated carbocycles. The van der Waals surface area contributed by atoms with Gasteiger partial charge in [-0.1, -0.05) is 40.2 Å². The van der Waals surface area contributed by atoms with Crippen molar-refractivity contribution in [3.63, 3.8) is 0 Å². The standard InChI is InChI=1S/C17H18BrNO3S/c1-11-8-9-13(10-16(11)23(3,21)22)17(20)19-12(2)14-6-4-5-7-15(14)18/h4-10,12H,1-3H3,(H,19,20)/t12-/m1/s1. The molecule has 6 heteroatoms. The van der Waals surface area contributed by atoms with Crippen LogP contribution in [0, 0.1) is 6.92 Å². The lowest BCUT2D eigenvalue weighted by atomic mass is 10.1. The summed E-state index contributed by atoms with van der Waals surface area (Å²) in [6.45, 7) is 3.59. The molecule has 1 amide bonds. The summed E-state index contributed by atoms with van der Waals surface area (Å²) in [4.78, 5) is 12.6. The van der Waals surface area contributed by atoms with Crippen molar-refractivity contribution >= 4 is 31.7 Å². The monoisotopic (exact) mass is 395 g/mol. The number of hydrogen-bond donors (Lipinski definition) is 1. The Morgan fingerprint density at radius 1 is 1.17 bits per heavy atom.